The van der Waals surface area contributed by atoms with Crippen LogP contribution in [0.3, 0.4) is 0 Å². The Labute approximate surface area is 137 Å². The lowest BCUT2D eigenvalue weighted by Gasteiger charge is -2.38. The van der Waals surface area contributed by atoms with Crippen molar-refractivity contribution < 1.29 is 19.3 Å². The van der Waals surface area contributed by atoms with Gasteiger partial charge in [-0.2, -0.15) is 0 Å². The topological polar surface area (TPSA) is 47.9 Å². The zero-order chi connectivity index (χ0) is 17.3. The monoisotopic (exact) mass is 318 g/mol. The molecule has 0 saturated heterocycles. The van der Waals surface area contributed by atoms with Gasteiger partial charge in [0, 0.05) is 0 Å². The largest absolute Gasteiger partial charge is 0.394 e. The van der Waals surface area contributed by atoms with Crippen LogP contribution >= 0.6 is 0 Å². The lowest BCUT2D eigenvalue weighted by Crippen LogP contribution is -2.40. The predicted octanol–water partition coefficient (Wildman–Crippen LogP) is 3.65. The maximum atomic E-state index is 8.92. The fourth-order valence-electron chi connectivity index (χ4n) is 2.40. The fraction of sp³-hybridized carbons (Fsp3) is 1.00. The number of rotatable bonds is 12. The van der Waals surface area contributed by atoms with E-state index in [4.69, 9.17) is 19.3 Å². The van der Waals surface area contributed by atoms with Crippen molar-refractivity contribution in [3.8, 4) is 0 Å². The first kappa shape index (κ1) is 21.8. The molecule has 1 N–H and O–H groups in total. The molecule has 0 amide bonds. The van der Waals surface area contributed by atoms with Crippen LogP contribution in [0.1, 0.15) is 61.8 Å². The minimum Gasteiger partial charge on any atom is -0.394 e. The number of aliphatic hydroxyl groups is 1. The van der Waals surface area contributed by atoms with Crippen LogP contribution < -0.4 is 0 Å². The van der Waals surface area contributed by atoms with Gasteiger partial charge in [0.1, 0.15) is 0 Å². The first-order chi connectivity index (χ1) is 10.1. The highest BCUT2D eigenvalue weighted by atomic mass is 16.6. The van der Waals surface area contributed by atoms with Gasteiger partial charge in [0.2, 0.25) is 0 Å². The van der Waals surface area contributed by atoms with Gasteiger partial charge in [0.05, 0.1) is 43.7 Å². The molecule has 0 rings (SSSR count). The highest BCUT2D eigenvalue weighted by molar-refractivity contribution is 4.80. The van der Waals surface area contributed by atoms with Crippen molar-refractivity contribution in [2.45, 2.75) is 85.7 Å². The van der Waals surface area contributed by atoms with Gasteiger partial charge >= 0.3 is 0 Å². The fourth-order valence-corrected chi connectivity index (χ4v) is 2.40. The number of hydrogen-bond acceptors (Lipinski definition) is 4. The second-order valence-corrected chi connectivity index (χ2v) is 7.18. The van der Waals surface area contributed by atoms with E-state index in [0.717, 1.165) is 6.42 Å². The summed E-state index contributed by atoms with van der Waals surface area (Å²) in [5, 5.41) is 8.92. The summed E-state index contributed by atoms with van der Waals surface area (Å²) in [4.78, 5) is 0. The molecule has 0 aromatic carbocycles. The highest BCUT2D eigenvalue weighted by Gasteiger charge is 2.31. The van der Waals surface area contributed by atoms with Crippen molar-refractivity contribution in [2.75, 3.05) is 19.8 Å². The van der Waals surface area contributed by atoms with Gasteiger partial charge in [-0.3, -0.25) is 0 Å². The van der Waals surface area contributed by atoms with E-state index in [1.807, 2.05) is 13.8 Å². The van der Waals surface area contributed by atoms with Crippen LogP contribution in [0.25, 0.3) is 0 Å². The Morgan fingerprint density at radius 1 is 0.864 bits per heavy atom. The summed E-state index contributed by atoms with van der Waals surface area (Å²) in [7, 11) is 0. The third kappa shape index (κ3) is 8.47. The predicted molar refractivity (Wildman–Crippen MR) is 91.2 cm³/mol. The normalized spacial score (nSPS) is 19.5. The van der Waals surface area contributed by atoms with E-state index in [2.05, 4.69) is 41.5 Å². The molecule has 0 aromatic rings. The summed E-state index contributed by atoms with van der Waals surface area (Å²) < 4.78 is 17.4. The van der Waals surface area contributed by atoms with Crippen LogP contribution in [-0.4, -0.2) is 48.8 Å². The molecule has 4 nitrogen and oxygen atoms in total. The zero-order valence-corrected chi connectivity index (χ0v) is 15.9. The SMILES string of the molecule is CCC(C)C(C)C(C)(C)OC(C)COC(C)COC(C)CO. The molecule has 0 fully saturated rings. The van der Waals surface area contributed by atoms with E-state index in [-0.39, 0.29) is 30.5 Å². The molecule has 0 bridgehead atoms. The maximum absolute atomic E-state index is 8.92. The molecule has 5 atom stereocenters. The Balaban J connectivity index is 4.14. The first-order valence-electron chi connectivity index (χ1n) is 8.65. The smallest absolute Gasteiger partial charge is 0.0788 e. The van der Waals surface area contributed by atoms with E-state index in [0.29, 0.717) is 25.0 Å². The quantitative estimate of drug-likeness (QED) is 0.596. The van der Waals surface area contributed by atoms with E-state index < -0.39 is 0 Å². The Morgan fingerprint density at radius 3 is 1.86 bits per heavy atom. The molecule has 0 spiro atoms. The maximum Gasteiger partial charge on any atom is 0.0788 e. The summed E-state index contributed by atoms with van der Waals surface area (Å²) in [6, 6.07) is 0. The summed E-state index contributed by atoms with van der Waals surface area (Å²) in [5.41, 5.74) is -0.163. The molecular formula is C18H38O4. The lowest BCUT2D eigenvalue weighted by atomic mass is 9.81. The molecule has 4 heteroatoms. The molecule has 0 saturated carbocycles. The van der Waals surface area contributed by atoms with E-state index >= 15 is 0 Å². The molecule has 5 unspecified atom stereocenters. The van der Waals surface area contributed by atoms with Crippen molar-refractivity contribution in [1.82, 2.24) is 0 Å². The van der Waals surface area contributed by atoms with Crippen molar-refractivity contribution in [3.63, 3.8) is 0 Å². The van der Waals surface area contributed by atoms with Gasteiger partial charge in [-0.05, 0) is 46.5 Å². The van der Waals surface area contributed by atoms with Crippen LogP contribution in [-0.2, 0) is 14.2 Å². The summed E-state index contributed by atoms with van der Waals surface area (Å²) in [6.45, 7) is 18.0. The third-order valence-corrected chi connectivity index (χ3v) is 4.59. The van der Waals surface area contributed by atoms with Crippen LogP contribution in [0, 0.1) is 11.8 Å². The van der Waals surface area contributed by atoms with Crippen molar-refractivity contribution in [1.29, 1.82) is 0 Å². The van der Waals surface area contributed by atoms with E-state index in [1.165, 1.54) is 0 Å². The second kappa shape index (κ2) is 10.6. The lowest BCUT2D eigenvalue weighted by molar-refractivity contribution is -0.140. The summed E-state index contributed by atoms with van der Waals surface area (Å²) >= 11 is 0. The Hall–Kier alpha value is -0.160. The second-order valence-electron chi connectivity index (χ2n) is 7.18. The summed E-state index contributed by atoms with van der Waals surface area (Å²) in [5.74, 6) is 1.13. The van der Waals surface area contributed by atoms with Gasteiger partial charge < -0.3 is 19.3 Å². The minimum absolute atomic E-state index is 0.00449. The molecule has 22 heavy (non-hydrogen) atoms. The molecule has 0 radical (unpaired) electrons. The zero-order valence-electron chi connectivity index (χ0n) is 15.9. The molecule has 0 aliphatic heterocycles. The van der Waals surface area contributed by atoms with Gasteiger partial charge in [-0.1, -0.05) is 27.2 Å². The molecule has 0 heterocycles. The van der Waals surface area contributed by atoms with E-state index in [9.17, 15) is 0 Å². The van der Waals surface area contributed by atoms with Gasteiger partial charge in [-0.15, -0.1) is 0 Å². The Bertz CT molecular complexity index is 280. The van der Waals surface area contributed by atoms with Crippen LogP contribution in [0.4, 0.5) is 0 Å². The Kier molecular flexibility index (Phi) is 10.5. The standard InChI is InChI=1S/C18H38O4/c1-9-13(2)17(6)18(7,8)22-16(5)12-21-15(4)11-20-14(3)10-19/h13-17,19H,9-12H2,1-8H3. The van der Waals surface area contributed by atoms with Crippen molar-refractivity contribution in [3.05, 3.63) is 0 Å². The average molecular weight is 318 g/mol. The number of hydrogen-bond donors (Lipinski definition) is 1. The molecule has 134 valence electrons. The first-order valence-corrected chi connectivity index (χ1v) is 8.65. The molecular weight excluding hydrogens is 280 g/mol. The van der Waals surface area contributed by atoms with Crippen LogP contribution in [0.5, 0.6) is 0 Å². The third-order valence-electron chi connectivity index (χ3n) is 4.59. The molecule has 0 aromatic heterocycles. The summed E-state index contributed by atoms with van der Waals surface area (Å²) in [6.07, 6.45) is 1.06. The number of aliphatic hydroxyl groups excluding tert-OH is 1. The van der Waals surface area contributed by atoms with Crippen LogP contribution in [0.15, 0.2) is 0 Å². The van der Waals surface area contributed by atoms with Crippen LogP contribution in [0.2, 0.25) is 0 Å². The van der Waals surface area contributed by atoms with Gasteiger partial charge in [-0.25, -0.2) is 0 Å². The average Bonchev–Trinajstić information content (AvgIpc) is 2.48. The van der Waals surface area contributed by atoms with Crippen molar-refractivity contribution in [2.24, 2.45) is 11.8 Å². The van der Waals surface area contributed by atoms with Gasteiger partial charge in [0.15, 0.2) is 0 Å². The molecule has 0 aliphatic rings. The number of ether oxygens (including phenoxy) is 3. The highest BCUT2D eigenvalue weighted by Crippen LogP contribution is 2.30. The molecule has 0 aliphatic carbocycles. The van der Waals surface area contributed by atoms with Crippen molar-refractivity contribution >= 4 is 0 Å². The van der Waals surface area contributed by atoms with Gasteiger partial charge in [0.25, 0.3) is 0 Å². The Morgan fingerprint density at radius 2 is 1.36 bits per heavy atom. The van der Waals surface area contributed by atoms with E-state index in [1.54, 1.807) is 0 Å². The minimum atomic E-state index is -0.163.